The first-order valence-electron chi connectivity index (χ1n) is 12.0. The highest BCUT2D eigenvalue weighted by Gasteiger charge is 2.29. The fourth-order valence-corrected chi connectivity index (χ4v) is 5.25. The van der Waals surface area contributed by atoms with Crippen molar-refractivity contribution in [3.8, 4) is 5.69 Å². The van der Waals surface area contributed by atoms with Crippen molar-refractivity contribution >= 4 is 5.91 Å². The number of amides is 1. The maximum atomic E-state index is 14.0. The highest BCUT2D eigenvalue weighted by Crippen LogP contribution is 2.30. The topological polar surface area (TPSA) is 41.4 Å². The summed E-state index contributed by atoms with van der Waals surface area (Å²) in [5, 5.41) is 4.92. The molecule has 5 nitrogen and oxygen atoms in total. The Bertz CT molecular complexity index is 1120. The third-order valence-corrected chi connectivity index (χ3v) is 6.99. The molecule has 0 atom stereocenters. The zero-order chi connectivity index (χ0) is 22.8. The van der Waals surface area contributed by atoms with Gasteiger partial charge in [0, 0.05) is 44.6 Å². The average molecular weight is 447 g/mol. The molecule has 0 radical (unpaired) electrons. The van der Waals surface area contributed by atoms with Crippen LogP contribution in [0.5, 0.6) is 0 Å². The molecule has 0 unspecified atom stereocenters. The first kappa shape index (κ1) is 21.8. The van der Waals surface area contributed by atoms with Gasteiger partial charge in [0.15, 0.2) is 0 Å². The van der Waals surface area contributed by atoms with Gasteiger partial charge in [0.1, 0.15) is 5.82 Å². The number of nitrogens with zero attached hydrogens (tertiary/aromatic N) is 4. The van der Waals surface area contributed by atoms with Crippen LogP contribution in [0.1, 0.15) is 48.2 Å². The van der Waals surface area contributed by atoms with Gasteiger partial charge in [-0.25, -0.2) is 9.07 Å². The second-order valence-corrected chi connectivity index (χ2v) is 9.39. The third kappa shape index (κ3) is 4.71. The fraction of sp³-hybridized carbons (Fsp3) is 0.407. The summed E-state index contributed by atoms with van der Waals surface area (Å²) in [5.74, 6) is 0.0950. The van der Waals surface area contributed by atoms with E-state index in [4.69, 9.17) is 5.10 Å². The molecule has 0 saturated heterocycles. The van der Waals surface area contributed by atoms with Crippen LogP contribution in [0.3, 0.4) is 0 Å². The number of carbonyl (C=O) groups excluding carboxylic acids is 1. The Kier molecular flexibility index (Phi) is 6.27. The van der Waals surface area contributed by atoms with Crippen LogP contribution in [0.25, 0.3) is 5.69 Å². The number of aromatic nitrogens is 2. The van der Waals surface area contributed by atoms with Crippen molar-refractivity contribution in [3.05, 3.63) is 82.9 Å². The molecule has 1 saturated carbocycles. The van der Waals surface area contributed by atoms with Gasteiger partial charge >= 0.3 is 0 Å². The fourth-order valence-electron chi connectivity index (χ4n) is 5.25. The summed E-state index contributed by atoms with van der Waals surface area (Å²) in [5.41, 5.74) is 5.24. The highest BCUT2D eigenvalue weighted by atomic mass is 19.1. The molecular formula is C27H31FN4O. The summed E-state index contributed by atoms with van der Waals surface area (Å²) in [6.07, 6.45) is 5.10. The van der Waals surface area contributed by atoms with E-state index in [9.17, 15) is 9.18 Å². The van der Waals surface area contributed by atoms with E-state index in [0.29, 0.717) is 6.54 Å². The van der Waals surface area contributed by atoms with Crippen molar-refractivity contribution in [2.75, 3.05) is 13.6 Å². The zero-order valence-corrected chi connectivity index (χ0v) is 19.2. The van der Waals surface area contributed by atoms with Crippen LogP contribution >= 0.6 is 0 Å². The van der Waals surface area contributed by atoms with Crippen LogP contribution in [0.4, 0.5) is 4.39 Å². The van der Waals surface area contributed by atoms with Gasteiger partial charge in [-0.3, -0.25) is 9.69 Å². The monoisotopic (exact) mass is 446 g/mol. The number of rotatable bonds is 6. The summed E-state index contributed by atoms with van der Waals surface area (Å²) in [7, 11) is 1.89. The molecule has 172 valence electrons. The first-order valence-corrected chi connectivity index (χ1v) is 12.0. The first-order chi connectivity index (χ1) is 16.1. The largest absolute Gasteiger partial charge is 0.340 e. The molecule has 0 bridgehead atoms. The average Bonchev–Trinajstić information content (AvgIpc) is 3.48. The number of halogens is 1. The van der Waals surface area contributed by atoms with Crippen molar-refractivity contribution in [2.45, 2.75) is 51.7 Å². The molecule has 0 N–H and O–H groups in total. The molecule has 3 aromatic rings. The lowest BCUT2D eigenvalue weighted by Crippen LogP contribution is -2.33. The Morgan fingerprint density at radius 1 is 1.12 bits per heavy atom. The predicted octanol–water partition coefficient (Wildman–Crippen LogP) is 4.72. The third-order valence-electron chi connectivity index (χ3n) is 6.99. The van der Waals surface area contributed by atoms with Crippen LogP contribution in [-0.2, 0) is 30.8 Å². The second-order valence-electron chi connectivity index (χ2n) is 9.39. The van der Waals surface area contributed by atoms with Gasteiger partial charge in [-0.2, -0.15) is 5.10 Å². The number of hydrogen-bond donors (Lipinski definition) is 0. The SMILES string of the molecule is CN(Cc1nn(-c2cccc(F)c2)c2c1CN(Cc1ccccc1)CC2)C(=O)C1CCCC1. The van der Waals surface area contributed by atoms with E-state index in [-0.39, 0.29) is 17.6 Å². The van der Waals surface area contributed by atoms with E-state index in [1.54, 1.807) is 6.07 Å². The number of carbonyl (C=O) groups is 1. The molecule has 1 aliphatic carbocycles. The Morgan fingerprint density at radius 2 is 1.91 bits per heavy atom. The number of hydrogen-bond acceptors (Lipinski definition) is 3. The lowest BCUT2D eigenvalue weighted by molar-refractivity contribution is -0.134. The van der Waals surface area contributed by atoms with Crippen LogP contribution < -0.4 is 0 Å². The molecule has 33 heavy (non-hydrogen) atoms. The zero-order valence-electron chi connectivity index (χ0n) is 19.2. The minimum absolute atomic E-state index is 0.144. The van der Waals surface area contributed by atoms with Crippen molar-refractivity contribution in [1.82, 2.24) is 19.6 Å². The molecule has 6 heteroatoms. The molecule has 1 aromatic heterocycles. The van der Waals surface area contributed by atoms with E-state index < -0.39 is 0 Å². The van der Waals surface area contributed by atoms with E-state index in [1.165, 1.54) is 23.3 Å². The van der Waals surface area contributed by atoms with Crippen LogP contribution in [0.15, 0.2) is 54.6 Å². The van der Waals surface area contributed by atoms with Gasteiger partial charge in [0.25, 0.3) is 0 Å². The maximum Gasteiger partial charge on any atom is 0.225 e. The van der Waals surface area contributed by atoms with Crippen LogP contribution in [0, 0.1) is 11.7 Å². The minimum atomic E-state index is -0.270. The summed E-state index contributed by atoms with van der Waals surface area (Å²) in [6, 6.07) is 17.1. The number of benzene rings is 2. The summed E-state index contributed by atoms with van der Waals surface area (Å²) >= 11 is 0. The van der Waals surface area contributed by atoms with E-state index >= 15 is 0 Å². The lowest BCUT2D eigenvalue weighted by Gasteiger charge is -2.28. The minimum Gasteiger partial charge on any atom is -0.340 e. The number of fused-ring (bicyclic) bond motifs is 1. The molecule has 2 aliphatic rings. The lowest BCUT2D eigenvalue weighted by atomic mass is 10.0. The van der Waals surface area contributed by atoms with Crippen molar-refractivity contribution in [2.24, 2.45) is 5.92 Å². The smallest absolute Gasteiger partial charge is 0.225 e. The molecular weight excluding hydrogens is 415 g/mol. The van der Waals surface area contributed by atoms with E-state index in [1.807, 2.05) is 28.8 Å². The van der Waals surface area contributed by atoms with Gasteiger partial charge in [-0.15, -0.1) is 0 Å². The molecule has 1 amide bonds. The van der Waals surface area contributed by atoms with Gasteiger partial charge in [-0.05, 0) is 36.6 Å². The Labute approximate surface area is 194 Å². The van der Waals surface area contributed by atoms with Crippen LogP contribution in [0.2, 0.25) is 0 Å². The quantitative estimate of drug-likeness (QED) is 0.550. The van der Waals surface area contributed by atoms with Gasteiger partial charge in [0.2, 0.25) is 5.91 Å². The van der Waals surface area contributed by atoms with Crippen molar-refractivity contribution in [1.29, 1.82) is 0 Å². The summed E-state index contributed by atoms with van der Waals surface area (Å²) in [6.45, 7) is 3.06. The van der Waals surface area contributed by atoms with Gasteiger partial charge in [-0.1, -0.05) is 49.2 Å². The Hall–Kier alpha value is -2.99. The summed E-state index contributed by atoms with van der Waals surface area (Å²) in [4.78, 5) is 17.2. The molecule has 2 aromatic carbocycles. The summed E-state index contributed by atoms with van der Waals surface area (Å²) < 4.78 is 15.9. The van der Waals surface area contributed by atoms with Gasteiger partial charge < -0.3 is 4.90 Å². The molecule has 1 fully saturated rings. The van der Waals surface area contributed by atoms with Gasteiger partial charge in [0.05, 0.1) is 23.6 Å². The van der Waals surface area contributed by atoms with Crippen molar-refractivity contribution in [3.63, 3.8) is 0 Å². The molecule has 2 heterocycles. The van der Waals surface area contributed by atoms with Crippen LogP contribution in [-0.4, -0.2) is 39.1 Å². The van der Waals surface area contributed by atoms with E-state index in [2.05, 4.69) is 29.2 Å². The van der Waals surface area contributed by atoms with E-state index in [0.717, 1.165) is 68.8 Å². The molecule has 1 aliphatic heterocycles. The molecule has 5 rings (SSSR count). The predicted molar refractivity (Wildman–Crippen MR) is 126 cm³/mol. The Morgan fingerprint density at radius 3 is 2.67 bits per heavy atom. The standard InChI is InChI=1S/C27H31FN4O/c1-30(27(33)21-10-5-6-11-21)19-25-24-18-31(17-20-8-3-2-4-9-20)15-14-26(24)32(29-25)23-13-7-12-22(28)16-23/h2-4,7-9,12-13,16,21H,5-6,10-11,14-15,17-19H2,1H3. The Balaban J connectivity index is 1.44. The second kappa shape index (κ2) is 9.48. The molecule has 0 spiro atoms. The maximum absolute atomic E-state index is 14.0. The van der Waals surface area contributed by atoms with Crippen molar-refractivity contribution < 1.29 is 9.18 Å². The highest BCUT2D eigenvalue weighted by molar-refractivity contribution is 5.78. The normalized spacial score (nSPS) is 16.7.